The Morgan fingerprint density at radius 2 is 1.62 bits per heavy atom. The highest BCUT2D eigenvalue weighted by atomic mass is 16.7. The van der Waals surface area contributed by atoms with E-state index in [0.717, 1.165) is 4.90 Å². The number of nitrogens with one attached hydrogen (secondary N) is 2. The number of aliphatic hydroxyl groups is 3. The molecule has 0 spiro atoms. The molecule has 0 saturated carbocycles. The molecule has 1 saturated heterocycles. The Kier molecular flexibility index (Phi) is 14.2. The van der Waals surface area contributed by atoms with E-state index in [4.69, 9.17) is 23.7 Å². The lowest BCUT2D eigenvalue weighted by Gasteiger charge is -2.35. The fraction of sp³-hybridized carbons (Fsp3) is 0.581. The van der Waals surface area contributed by atoms with Crippen LogP contribution in [0, 0.1) is 5.41 Å². The molecule has 5 N–H and O–H groups in total. The lowest BCUT2D eigenvalue weighted by Crippen LogP contribution is -2.54. The Morgan fingerprint density at radius 3 is 2.30 bits per heavy atom. The van der Waals surface area contributed by atoms with Gasteiger partial charge in [-0.2, -0.15) is 0 Å². The normalized spacial score (nSPS) is 21.1. The van der Waals surface area contributed by atoms with Crippen molar-refractivity contribution in [2.24, 2.45) is 5.41 Å². The molecule has 2 aliphatic heterocycles. The summed E-state index contributed by atoms with van der Waals surface area (Å²) in [7, 11) is 0. The van der Waals surface area contributed by atoms with E-state index in [1.54, 1.807) is 26.8 Å². The second-order valence-electron chi connectivity index (χ2n) is 11.8. The monoisotopic (exact) mass is 665 g/mol. The van der Waals surface area contributed by atoms with Crippen LogP contribution in [-0.2, 0) is 49.5 Å². The molecule has 2 aliphatic rings. The molecule has 0 aliphatic carbocycles. The van der Waals surface area contributed by atoms with Crippen LogP contribution in [0.5, 0.6) is 5.75 Å². The van der Waals surface area contributed by atoms with Crippen molar-refractivity contribution in [1.29, 1.82) is 0 Å². The second kappa shape index (κ2) is 17.8. The van der Waals surface area contributed by atoms with Crippen molar-refractivity contribution in [1.82, 2.24) is 10.2 Å². The molecule has 4 amide bonds. The van der Waals surface area contributed by atoms with Gasteiger partial charge in [0, 0.05) is 31.5 Å². The first-order valence-corrected chi connectivity index (χ1v) is 15.1. The summed E-state index contributed by atoms with van der Waals surface area (Å²) in [5, 5.41) is 35.3. The third kappa shape index (κ3) is 12.0. The summed E-state index contributed by atoms with van der Waals surface area (Å²) in [5.74, 6) is -1.92. The molecule has 16 nitrogen and oxygen atoms in total. The zero-order valence-electron chi connectivity index (χ0n) is 26.6. The Morgan fingerprint density at radius 1 is 0.936 bits per heavy atom. The maximum atomic E-state index is 12.8. The molecule has 260 valence electrons. The van der Waals surface area contributed by atoms with Gasteiger partial charge in [0.05, 0.1) is 50.7 Å². The number of esters is 1. The lowest BCUT2D eigenvalue weighted by molar-refractivity contribution is -0.241. The molecule has 0 radical (unpaired) electrons. The molecule has 1 aromatic rings. The highest BCUT2D eigenvalue weighted by Crippen LogP contribution is 2.30. The Bertz CT molecular complexity index is 1280. The average molecular weight is 666 g/mol. The van der Waals surface area contributed by atoms with Crippen LogP contribution in [0.1, 0.15) is 39.2 Å². The molecule has 4 atom stereocenters. The van der Waals surface area contributed by atoms with Crippen LogP contribution in [0.25, 0.3) is 0 Å². The van der Waals surface area contributed by atoms with Crippen molar-refractivity contribution in [2.45, 2.75) is 64.8 Å². The van der Waals surface area contributed by atoms with Crippen LogP contribution in [-0.4, -0.2) is 121 Å². The van der Waals surface area contributed by atoms with E-state index in [-0.39, 0.29) is 94.7 Å². The predicted molar refractivity (Wildman–Crippen MR) is 162 cm³/mol. The molecular formula is C31H43N3O13. The number of carbonyl (C=O) groups excluding carboxylic acids is 5. The number of hydrogen-bond donors (Lipinski definition) is 5. The van der Waals surface area contributed by atoms with Crippen LogP contribution >= 0.6 is 0 Å². The SMILES string of the molecule is CC(C)(C)C(=O)OCc1ccc(O[C@@H]2OC[C@@H](O)[C@H](O)[C@H]2O)c(NC(=O)CCNC(=O)CCOCCOCCN2C(=O)C=CC2=O)c1. The van der Waals surface area contributed by atoms with Gasteiger partial charge in [-0.25, -0.2) is 0 Å². The van der Waals surface area contributed by atoms with Gasteiger partial charge in [0.1, 0.15) is 30.7 Å². The van der Waals surface area contributed by atoms with Crippen LogP contribution < -0.4 is 15.4 Å². The number of benzene rings is 1. The molecule has 0 bridgehead atoms. The number of aliphatic hydroxyl groups excluding tert-OH is 3. The maximum Gasteiger partial charge on any atom is 0.311 e. The summed E-state index contributed by atoms with van der Waals surface area (Å²) >= 11 is 0. The van der Waals surface area contributed by atoms with Crippen molar-refractivity contribution in [3.63, 3.8) is 0 Å². The summed E-state index contributed by atoms with van der Waals surface area (Å²) in [4.78, 5) is 61.2. The van der Waals surface area contributed by atoms with E-state index >= 15 is 0 Å². The van der Waals surface area contributed by atoms with Gasteiger partial charge in [-0.05, 0) is 38.5 Å². The van der Waals surface area contributed by atoms with E-state index in [0.29, 0.717) is 5.56 Å². The smallest absolute Gasteiger partial charge is 0.311 e. The predicted octanol–water partition coefficient (Wildman–Crippen LogP) is -0.613. The van der Waals surface area contributed by atoms with E-state index in [1.165, 1.54) is 24.3 Å². The minimum Gasteiger partial charge on any atom is -0.460 e. The minimum atomic E-state index is -1.57. The fourth-order valence-electron chi connectivity index (χ4n) is 4.15. The highest BCUT2D eigenvalue weighted by molar-refractivity contribution is 6.12. The summed E-state index contributed by atoms with van der Waals surface area (Å²) < 4.78 is 27.1. The number of hydrogen-bond acceptors (Lipinski definition) is 13. The Labute approximate surface area is 271 Å². The van der Waals surface area contributed by atoms with Gasteiger partial charge in [0.2, 0.25) is 18.1 Å². The first-order chi connectivity index (χ1) is 22.3. The molecule has 16 heteroatoms. The van der Waals surface area contributed by atoms with Gasteiger partial charge < -0.3 is 49.6 Å². The van der Waals surface area contributed by atoms with Crippen LogP contribution in [0.15, 0.2) is 30.4 Å². The molecule has 1 fully saturated rings. The molecule has 0 unspecified atom stereocenters. The van der Waals surface area contributed by atoms with Crippen molar-refractivity contribution < 1.29 is 63.0 Å². The molecule has 1 aromatic carbocycles. The van der Waals surface area contributed by atoms with Gasteiger partial charge in [-0.1, -0.05) is 6.07 Å². The first kappa shape index (κ1) is 37.5. The van der Waals surface area contributed by atoms with Crippen molar-refractivity contribution in [3.8, 4) is 5.75 Å². The number of nitrogens with zero attached hydrogens (tertiary/aromatic N) is 1. The van der Waals surface area contributed by atoms with Crippen LogP contribution in [0.2, 0.25) is 0 Å². The molecular weight excluding hydrogens is 622 g/mol. The van der Waals surface area contributed by atoms with Crippen molar-refractivity contribution in [3.05, 3.63) is 35.9 Å². The van der Waals surface area contributed by atoms with E-state index in [9.17, 15) is 39.3 Å². The summed E-state index contributed by atoms with van der Waals surface area (Å²) in [6, 6.07) is 4.58. The zero-order chi connectivity index (χ0) is 34.6. The molecule has 0 aromatic heterocycles. The summed E-state index contributed by atoms with van der Waals surface area (Å²) in [6.07, 6.45) is -3.38. The molecule has 47 heavy (non-hydrogen) atoms. The third-order valence-electron chi connectivity index (χ3n) is 6.88. The maximum absolute atomic E-state index is 12.8. The van der Waals surface area contributed by atoms with Crippen molar-refractivity contribution >= 4 is 35.3 Å². The van der Waals surface area contributed by atoms with Crippen molar-refractivity contribution in [2.75, 3.05) is 51.4 Å². The van der Waals surface area contributed by atoms with E-state index in [1.807, 2.05) is 0 Å². The number of carbonyl (C=O) groups is 5. The summed E-state index contributed by atoms with van der Waals surface area (Å²) in [6.45, 7) is 5.63. The Balaban J connectivity index is 1.42. The average Bonchev–Trinajstić information content (AvgIpc) is 3.34. The first-order valence-electron chi connectivity index (χ1n) is 15.1. The Hall–Kier alpha value is -3.93. The number of anilines is 1. The summed E-state index contributed by atoms with van der Waals surface area (Å²) in [5.41, 5.74) is -0.0324. The number of amides is 4. The number of imide groups is 1. The fourth-order valence-corrected chi connectivity index (χ4v) is 4.15. The minimum absolute atomic E-state index is 0.0180. The van der Waals surface area contributed by atoms with Gasteiger partial charge >= 0.3 is 5.97 Å². The number of ether oxygens (including phenoxy) is 5. The van der Waals surface area contributed by atoms with E-state index < -0.39 is 41.9 Å². The van der Waals surface area contributed by atoms with E-state index in [2.05, 4.69) is 10.6 Å². The van der Waals surface area contributed by atoms with Gasteiger partial charge in [0.15, 0.2) is 0 Å². The number of rotatable bonds is 17. The van der Waals surface area contributed by atoms with Gasteiger partial charge in [-0.15, -0.1) is 0 Å². The largest absolute Gasteiger partial charge is 0.460 e. The third-order valence-corrected chi connectivity index (χ3v) is 6.88. The van der Waals surface area contributed by atoms with Crippen LogP contribution in [0.4, 0.5) is 5.69 Å². The van der Waals surface area contributed by atoms with Crippen LogP contribution in [0.3, 0.4) is 0 Å². The second-order valence-corrected chi connectivity index (χ2v) is 11.8. The molecule has 2 heterocycles. The van der Waals surface area contributed by atoms with Gasteiger partial charge in [-0.3, -0.25) is 28.9 Å². The highest BCUT2D eigenvalue weighted by Gasteiger charge is 2.39. The molecule has 3 rings (SSSR count). The zero-order valence-corrected chi connectivity index (χ0v) is 26.6. The topological polar surface area (TPSA) is 219 Å². The van der Waals surface area contributed by atoms with Gasteiger partial charge in [0.25, 0.3) is 11.8 Å². The standard InChI is InChI=1S/C31H43N3O13/c1-31(2,3)30(42)46-17-19-4-5-22(47-29-28(41)27(40)21(35)18-45-29)20(16-19)33-24(37)8-10-32-23(36)9-12-43-14-15-44-13-11-34-25(38)6-7-26(34)39/h4-7,16,21,27-29,35,40-41H,8-15,17-18H2,1-3H3,(H,32,36)(H,33,37)/t21-,27+,28-,29+/m1/s1. The lowest BCUT2D eigenvalue weighted by atomic mass is 9.97. The quantitative estimate of drug-likeness (QED) is 0.0798.